The number of hydrogen-bond acceptors (Lipinski definition) is 9. The highest BCUT2D eigenvalue weighted by Gasteiger charge is 2.63. The lowest BCUT2D eigenvalue weighted by Crippen LogP contribution is -2.60. The monoisotopic (exact) mass is 755 g/mol. The van der Waals surface area contributed by atoms with Gasteiger partial charge in [0.2, 0.25) is 0 Å². The van der Waals surface area contributed by atoms with Crippen molar-refractivity contribution in [2.75, 3.05) is 0 Å². The molecule has 10 aliphatic carbocycles. The van der Waals surface area contributed by atoms with Crippen LogP contribution in [0.2, 0.25) is 0 Å². The van der Waals surface area contributed by atoms with Gasteiger partial charge in [-0.3, -0.25) is 19.2 Å². The van der Waals surface area contributed by atoms with Crippen molar-refractivity contribution < 1.29 is 43.2 Å². The third kappa shape index (κ3) is 7.75. The maximum atomic E-state index is 12.1. The maximum absolute atomic E-state index is 12.1. The molecule has 304 valence electrons. The first-order valence-corrected chi connectivity index (χ1v) is 22.1. The molecule has 11 rings (SSSR count). The molecule has 0 amide bonds. The fraction of sp³-hybridized carbons (Fsp3) is 0.911. The van der Waals surface area contributed by atoms with Crippen LogP contribution in [-0.2, 0) is 38.1 Å². The fourth-order valence-corrected chi connectivity index (χ4v) is 13.5. The number of aliphatic hydroxyl groups is 1. The lowest BCUT2D eigenvalue weighted by Gasteiger charge is -2.59. The molecule has 1 aliphatic heterocycles. The molecule has 1 saturated heterocycles. The zero-order chi connectivity index (χ0) is 38.7. The minimum atomic E-state index is -0.542. The summed E-state index contributed by atoms with van der Waals surface area (Å²) >= 11 is 0. The van der Waals surface area contributed by atoms with E-state index in [4.69, 9.17) is 18.9 Å². The van der Waals surface area contributed by atoms with Crippen molar-refractivity contribution in [1.82, 2.24) is 0 Å². The van der Waals surface area contributed by atoms with Gasteiger partial charge in [-0.2, -0.15) is 0 Å². The van der Waals surface area contributed by atoms with Gasteiger partial charge < -0.3 is 24.1 Å². The summed E-state index contributed by atoms with van der Waals surface area (Å²) in [6, 6.07) is 0. The van der Waals surface area contributed by atoms with Gasteiger partial charge in [0.1, 0.15) is 23.9 Å². The van der Waals surface area contributed by atoms with Gasteiger partial charge in [-0.15, -0.1) is 0 Å². The van der Waals surface area contributed by atoms with Gasteiger partial charge in [0.25, 0.3) is 0 Å². The number of carbonyl (C=O) groups excluding carboxylic acids is 4. The largest absolute Gasteiger partial charge is 0.462 e. The third-order valence-corrected chi connectivity index (χ3v) is 16.2. The molecule has 0 aromatic carbocycles. The number of hydrogen-bond donors (Lipinski definition) is 1. The van der Waals surface area contributed by atoms with Crippen LogP contribution in [0.25, 0.3) is 0 Å². The molecule has 11 aliphatic rings. The highest BCUT2D eigenvalue weighted by molar-refractivity contribution is 5.77. The Balaban J connectivity index is 0.000000125. The van der Waals surface area contributed by atoms with Crippen LogP contribution in [0.3, 0.4) is 0 Å². The van der Waals surface area contributed by atoms with Gasteiger partial charge >= 0.3 is 23.9 Å². The maximum Gasteiger partial charge on any atom is 0.309 e. The molecule has 0 aromatic rings. The summed E-state index contributed by atoms with van der Waals surface area (Å²) in [7, 11) is 0. The van der Waals surface area contributed by atoms with Crippen LogP contribution < -0.4 is 0 Å². The molecule has 11 fully saturated rings. The van der Waals surface area contributed by atoms with Crippen LogP contribution in [0, 0.1) is 70.5 Å². The van der Waals surface area contributed by atoms with Gasteiger partial charge in [-0.1, -0.05) is 41.5 Å². The van der Waals surface area contributed by atoms with Gasteiger partial charge in [-0.25, -0.2) is 0 Å². The summed E-state index contributed by atoms with van der Waals surface area (Å²) in [6.07, 6.45) is 18.1. The average molecular weight is 755 g/mol. The Morgan fingerprint density at radius 3 is 1.76 bits per heavy atom. The van der Waals surface area contributed by atoms with Crippen molar-refractivity contribution in [2.45, 2.75) is 187 Å². The zero-order valence-corrected chi connectivity index (χ0v) is 34.3. The molecule has 11 unspecified atom stereocenters. The highest BCUT2D eigenvalue weighted by atomic mass is 16.6. The van der Waals surface area contributed by atoms with E-state index >= 15 is 0 Å². The van der Waals surface area contributed by atoms with E-state index in [1.807, 2.05) is 34.6 Å². The minimum Gasteiger partial charge on any atom is -0.462 e. The lowest BCUT2D eigenvalue weighted by atomic mass is 9.48. The molecular weight excluding hydrogens is 684 g/mol. The molecule has 0 radical (unpaired) electrons. The number of esters is 4. The van der Waals surface area contributed by atoms with Gasteiger partial charge in [-0.05, 0) is 139 Å². The first kappa shape index (κ1) is 40.1. The van der Waals surface area contributed by atoms with Crippen LogP contribution in [0.1, 0.15) is 158 Å². The van der Waals surface area contributed by atoms with Gasteiger partial charge in [0.05, 0.1) is 29.3 Å². The van der Waals surface area contributed by atoms with Crippen LogP contribution >= 0.6 is 0 Å². The summed E-state index contributed by atoms with van der Waals surface area (Å²) in [6.45, 7) is 14.0. The Morgan fingerprint density at radius 2 is 1.22 bits per heavy atom. The van der Waals surface area contributed by atoms with Crippen LogP contribution in [-0.4, -0.2) is 58.5 Å². The molecule has 1 heterocycles. The molecule has 9 heteroatoms. The molecule has 1 N–H and O–H groups in total. The van der Waals surface area contributed by atoms with E-state index in [2.05, 4.69) is 13.8 Å². The van der Waals surface area contributed by atoms with Crippen molar-refractivity contribution in [1.29, 1.82) is 0 Å². The van der Waals surface area contributed by atoms with Crippen molar-refractivity contribution in [3.63, 3.8) is 0 Å². The molecule has 10 saturated carbocycles. The van der Waals surface area contributed by atoms with Gasteiger partial charge in [0, 0.05) is 23.7 Å². The SMILES string of the molecule is CCC(C)C(=O)OC(C)C12CC3CC(CC(C3)C1)C2.CCC(C)C(=O)OC12CC3CC(CC(O)(C3)C1)C2.CCC(C)C(=O)OC1C2CC3C(=O)OC1C3C2. The average Bonchev–Trinajstić information content (AvgIpc) is 3.75. The topological polar surface area (TPSA) is 125 Å². The van der Waals surface area contributed by atoms with E-state index < -0.39 is 5.60 Å². The Hall–Kier alpha value is -2.16. The Bertz CT molecular complexity index is 1370. The summed E-state index contributed by atoms with van der Waals surface area (Å²) in [5.41, 5.74) is -0.545. The lowest BCUT2D eigenvalue weighted by molar-refractivity contribution is -0.222. The Kier molecular flexibility index (Phi) is 11.4. The van der Waals surface area contributed by atoms with Crippen molar-refractivity contribution in [3.05, 3.63) is 0 Å². The van der Waals surface area contributed by atoms with Crippen LogP contribution in [0.15, 0.2) is 0 Å². The molecule has 9 nitrogen and oxygen atoms in total. The summed E-state index contributed by atoms with van der Waals surface area (Å²) in [4.78, 5) is 47.5. The first-order chi connectivity index (χ1) is 25.6. The zero-order valence-electron chi connectivity index (χ0n) is 34.3. The predicted molar refractivity (Wildman–Crippen MR) is 202 cm³/mol. The number of rotatable bonds is 10. The standard InChI is InChI=1S/C17H28O2.C15H24O3.C13H18O4/c1-4-11(2)16(18)19-12(3)17-8-13-5-14(9-17)7-15(6-13)10-17;1-3-10(2)13(16)18-15-7-11-4-12(8-15)6-14(17,5-11)9-15;1-3-6(2)12(14)16-10-7-4-8-9(5-7)13(15)17-11(8)10/h11-15H,4-10H2,1-3H3;10-12,17H,3-9H2,1-2H3;6-11H,3-5H2,1-2H3. The van der Waals surface area contributed by atoms with E-state index in [1.165, 1.54) is 44.9 Å². The van der Waals surface area contributed by atoms with Gasteiger partial charge in [0.15, 0.2) is 0 Å². The number of fused-ring (bicyclic) bond motifs is 1. The molecular formula is C45H70O9. The molecule has 0 aromatic heterocycles. The van der Waals surface area contributed by atoms with Crippen LogP contribution in [0.5, 0.6) is 0 Å². The first-order valence-electron chi connectivity index (χ1n) is 22.1. The second-order valence-corrected chi connectivity index (χ2v) is 20.4. The van der Waals surface area contributed by atoms with Crippen LogP contribution in [0.4, 0.5) is 0 Å². The third-order valence-electron chi connectivity index (χ3n) is 16.2. The molecule has 10 bridgehead atoms. The van der Waals surface area contributed by atoms with Crippen molar-refractivity contribution >= 4 is 23.9 Å². The van der Waals surface area contributed by atoms with E-state index in [-0.39, 0.29) is 71.5 Å². The summed E-state index contributed by atoms with van der Waals surface area (Å²) in [5, 5.41) is 10.6. The predicted octanol–water partition coefficient (Wildman–Crippen LogP) is 8.37. The smallest absolute Gasteiger partial charge is 0.309 e. The molecule has 54 heavy (non-hydrogen) atoms. The summed E-state index contributed by atoms with van der Waals surface area (Å²) in [5.74, 6) is 4.35. The number of carbonyl (C=O) groups is 4. The quantitative estimate of drug-likeness (QED) is 0.173. The van der Waals surface area contributed by atoms with Crippen molar-refractivity contribution in [3.8, 4) is 0 Å². The van der Waals surface area contributed by atoms with E-state index in [0.717, 1.165) is 75.5 Å². The fourth-order valence-electron chi connectivity index (χ4n) is 13.5. The minimum absolute atomic E-state index is 0.0192. The number of ether oxygens (including phenoxy) is 4. The molecule has 11 atom stereocenters. The summed E-state index contributed by atoms with van der Waals surface area (Å²) < 4.78 is 22.6. The second-order valence-electron chi connectivity index (χ2n) is 20.4. The van der Waals surface area contributed by atoms with Crippen molar-refractivity contribution in [2.24, 2.45) is 70.5 Å². The van der Waals surface area contributed by atoms with E-state index in [9.17, 15) is 24.3 Å². The van der Waals surface area contributed by atoms with E-state index in [1.54, 1.807) is 0 Å². The Morgan fingerprint density at radius 1 is 0.704 bits per heavy atom. The van der Waals surface area contributed by atoms with E-state index in [0.29, 0.717) is 35.5 Å². The Labute approximate surface area is 324 Å². The normalized spacial score (nSPS) is 44.6. The second kappa shape index (κ2) is 15.3. The highest BCUT2D eigenvalue weighted by Crippen LogP contribution is 2.62. The molecule has 0 spiro atoms.